The van der Waals surface area contributed by atoms with Gasteiger partial charge in [-0.15, -0.1) is 0 Å². The maximum Gasteiger partial charge on any atom is 0.305 e. The van der Waals surface area contributed by atoms with Crippen LogP contribution in [0.3, 0.4) is 0 Å². The van der Waals surface area contributed by atoms with Crippen molar-refractivity contribution in [3.05, 3.63) is 107 Å². The fourth-order valence-electron chi connectivity index (χ4n) is 9.52. The van der Waals surface area contributed by atoms with Gasteiger partial charge < -0.3 is 94.9 Å². The number of carbonyl (C=O) groups excluding carboxylic acids is 11. The van der Waals surface area contributed by atoms with E-state index < -0.39 is 182 Å². The molecule has 11 amide bonds. The molecule has 1 heterocycles. The Labute approximate surface area is 552 Å². The van der Waals surface area contributed by atoms with Gasteiger partial charge in [0.2, 0.25) is 65.0 Å². The summed E-state index contributed by atoms with van der Waals surface area (Å²) in [5.74, 6) is -14.4. The van der Waals surface area contributed by atoms with Crippen molar-refractivity contribution in [1.82, 2.24) is 58.2 Å². The largest absolute Gasteiger partial charge is 0.497 e. The van der Waals surface area contributed by atoms with Crippen molar-refractivity contribution in [3.8, 4) is 28.1 Å². The number of aliphatic hydroxyl groups excluding tert-OH is 3. The minimum atomic E-state index is -2.03. The quantitative estimate of drug-likeness (QED) is 0.0209. The lowest BCUT2D eigenvalue weighted by molar-refractivity contribution is -0.142. The van der Waals surface area contributed by atoms with E-state index in [0.29, 0.717) is 29.0 Å². The molecule has 520 valence electrons. The number of carboxylic acids is 2. The molecule has 0 saturated heterocycles. The predicted molar refractivity (Wildman–Crippen MR) is 344 cm³/mol. The number of hydrogen-bond donors (Lipinski definition) is 17. The number of aliphatic carboxylic acids is 2. The van der Waals surface area contributed by atoms with E-state index in [0.717, 1.165) is 48.6 Å². The van der Waals surface area contributed by atoms with Gasteiger partial charge in [-0.25, -0.2) is 0 Å². The average Bonchev–Trinajstić information content (AvgIpc) is 0.968. The zero-order chi connectivity index (χ0) is 71.7. The van der Waals surface area contributed by atoms with Crippen molar-refractivity contribution in [3.63, 3.8) is 0 Å². The SMILES string of the molecule is CCc1cc(OC)ccc1-c1ccc(C[C@H](NC(=O)[C@H](CC(=O)O)NC(=O)[C@H](CO)NC(=O)[C@@H](NC(=O)[C@@H](C)NC(=O)[C@@H](NC(=O)CNC(=O)[C@H](CCC(=O)O)NC(=O)C(C)(C)NC(=O)CN)C(C)O)C(C)O)C(=O)N[C@@H](Cc2ccc(-c3ccccc3C)nc2)C(N)=O)cc1. The predicted octanol–water partition coefficient (Wildman–Crippen LogP) is -3.47. The summed E-state index contributed by atoms with van der Waals surface area (Å²) in [6, 6.07) is 9.48. The minimum Gasteiger partial charge on any atom is -0.497 e. The number of rotatable bonds is 37. The highest BCUT2D eigenvalue weighted by molar-refractivity contribution is 6.00. The molecule has 2 unspecified atom stereocenters. The zero-order valence-electron chi connectivity index (χ0n) is 54.3. The second kappa shape index (κ2) is 36.9. The van der Waals surface area contributed by atoms with Crippen molar-refractivity contribution in [2.45, 2.75) is 153 Å². The molecule has 4 aromatic rings. The van der Waals surface area contributed by atoms with Crippen LogP contribution in [0, 0.1) is 6.92 Å². The standard InChI is InChI=1S/C64H85N13O19/c1-9-38-26-40(96-8)19-20-42(38)39-17-14-36(15-18-39)24-46(58(90)70-45(55(66)87)25-37-16-21-43(67-29-37)41-13-11-10-12-32(41)2)71-59(91)47(27-52(85)86)72-60(92)48(31-78)73-62(94)54(35(5)80)76-56(88)33(3)69-61(93)53(34(4)79)75-50(82)30-68-57(89)44(22-23-51(83)84)74-63(95)64(6,7)77-49(81)28-65/h10-21,26,29,33-35,44-48,53-54,78-80H,9,22-25,27-28,30-31,65H2,1-8H3,(H2,66,87)(H,68,89)(H,69,93)(H,70,90)(H,71,91)(H,72,92)(H,73,94)(H,74,95)(H,75,82)(H,76,88)(H,77,81)(H,83,84)(H,85,86)/t33-,34?,35?,44+,45+,46+,47+,48+,53+,54+/m1/s1. The first-order valence-electron chi connectivity index (χ1n) is 30.4. The van der Waals surface area contributed by atoms with Crippen molar-refractivity contribution in [2.24, 2.45) is 11.5 Å². The van der Waals surface area contributed by atoms with Crippen LogP contribution >= 0.6 is 0 Å². The lowest BCUT2D eigenvalue weighted by atomic mass is 9.95. The number of primary amides is 1. The van der Waals surface area contributed by atoms with E-state index >= 15 is 0 Å². The zero-order valence-corrected chi connectivity index (χ0v) is 54.3. The van der Waals surface area contributed by atoms with Gasteiger partial charge in [-0.05, 0) is 106 Å². The minimum absolute atomic E-state index is 0.145. The fourth-order valence-corrected chi connectivity index (χ4v) is 9.52. The van der Waals surface area contributed by atoms with Gasteiger partial charge in [0.05, 0.1) is 51.1 Å². The maximum atomic E-state index is 14.4. The van der Waals surface area contributed by atoms with E-state index in [4.69, 9.17) is 16.2 Å². The molecule has 0 aliphatic rings. The molecule has 3 aromatic carbocycles. The first kappa shape index (κ1) is 78.0. The number of aromatic nitrogens is 1. The van der Waals surface area contributed by atoms with Crippen LogP contribution in [0.5, 0.6) is 5.75 Å². The highest BCUT2D eigenvalue weighted by atomic mass is 16.5. The molecule has 0 aliphatic carbocycles. The summed E-state index contributed by atoms with van der Waals surface area (Å²) in [6.45, 7) is 7.06. The summed E-state index contributed by atoms with van der Waals surface area (Å²) in [7, 11) is 1.55. The number of benzene rings is 3. The van der Waals surface area contributed by atoms with Crippen molar-refractivity contribution in [2.75, 3.05) is 26.8 Å². The molecular weight excluding hydrogens is 1250 g/mol. The molecule has 0 radical (unpaired) electrons. The normalized spacial score (nSPS) is 14.2. The van der Waals surface area contributed by atoms with Crippen molar-refractivity contribution >= 4 is 76.9 Å². The van der Waals surface area contributed by atoms with Gasteiger partial charge >= 0.3 is 11.9 Å². The Balaban J connectivity index is 1.48. The highest BCUT2D eigenvalue weighted by Crippen LogP contribution is 2.29. The number of pyridine rings is 1. The van der Waals surface area contributed by atoms with Crippen LogP contribution < -0.4 is 69.4 Å². The van der Waals surface area contributed by atoms with E-state index in [1.54, 1.807) is 49.6 Å². The Kier molecular flexibility index (Phi) is 30.0. The second-order valence-corrected chi connectivity index (χ2v) is 23.1. The molecule has 0 saturated carbocycles. The molecule has 96 heavy (non-hydrogen) atoms. The third-order valence-electron chi connectivity index (χ3n) is 15.0. The monoisotopic (exact) mass is 1340 g/mol. The average molecular weight is 1340 g/mol. The van der Waals surface area contributed by atoms with E-state index in [9.17, 15) is 87.9 Å². The summed E-state index contributed by atoms with van der Waals surface area (Å²) >= 11 is 0. The number of carboxylic acid groups (broad SMARTS) is 2. The van der Waals surface area contributed by atoms with Crippen molar-refractivity contribution < 1.29 is 92.6 Å². The Morgan fingerprint density at radius 1 is 0.604 bits per heavy atom. The van der Waals surface area contributed by atoms with E-state index in [2.05, 4.69) is 58.2 Å². The summed E-state index contributed by atoms with van der Waals surface area (Å²) < 4.78 is 5.39. The number of hydrogen-bond acceptors (Lipinski definition) is 19. The van der Waals surface area contributed by atoms with Crippen LogP contribution in [-0.4, -0.2) is 200 Å². The fraction of sp³-hybridized carbons (Fsp3) is 0.438. The number of aliphatic hydroxyl groups is 3. The number of nitrogens with zero attached hydrogens (tertiary/aromatic N) is 1. The van der Waals surface area contributed by atoms with Gasteiger partial charge in [-0.2, -0.15) is 0 Å². The first-order chi connectivity index (χ1) is 45.2. The number of ether oxygens (including phenoxy) is 1. The Morgan fingerprint density at radius 3 is 1.74 bits per heavy atom. The third kappa shape index (κ3) is 23.8. The van der Waals surface area contributed by atoms with Gasteiger partial charge in [0.15, 0.2) is 0 Å². The molecule has 10 atom stereocenters. The Morgan fingerprint density at radius 2 is 1.18 bits per heavy atom. The van der Waals surface area contributed by atoms with Crippen LogP contribution in [0.15, 0.2) is 85.1 Å². The molecule has 32 heteroatoms. The molecule has 4 rings (SSSR count). The molecule has 19 N–H and O–H groups in total. The number of nitrogens with two attached hydrogens (primary N) is 2. The number of carbonyl (C=O) groups is 13. The van der Waals surface area contributed by atoms with Crippen molar-refractivity contribution in [1.29, 1.82) is 0 Å². The lowest BCUT2D eigenvalue weighted by Crippen LogP contribution is -2.62. The van der Waals surface area contributed by atoms with Crippen LogP contribution in [-0.2, 0) is 81.6 Å². The topological polar surface area (TPSA) is 518 Å². The summed E-state index contributed by atoms with van der Waals surface area (Å²) in [5.41, 5.74) is 15.6. The number of amides is 11. The van der Waals surface area contributed by atoms with Gasteiger partial charge in [0.25, 0.3) is 0 Å². The summed E-state index contributed by atoms with van der Waals surface area (Å²) in [6.07, 6.45) is -3.93. The van der Waals surface area contributed by atoms with Gasteiger partial charge in [0.1, 0.15) is 59.6 Å². The summed E-state index contributed by atoms with van der Waals surface area (Å²) in [5, 5.41) is 73.3. The van der Waals surface area contributed by atoms with Gasteiger partial charge in [0, 0.05) is 31.0 Å². The highest BCUT2D eigenvalue weighted by Gasteiger charge is 2.37. The second-order valence-electron chi connectivity index (χ2n) is 23.1. The summed E-state index contributed by atoms with van der Waals surface area (Å²) in [4.78, 5) is 175. The Hall–Kier alpha value is -10.4. The molecule has 0 spiro atoms. The number of methoxy groups -OCH3 is 1. The van der Waals surface area contributed by atoms with Gasteiger partial charge in [-0.1, -0.05) is 67.6 Å². The van der Waals surface area contributed by atoms with E-state index in [1.165, 1.54) is 20.0 Å². The molecule has 0 aliphatic heterocycles. The van der Waals surface area contributed by atoms with Crippen LogP contribution in [0.2, 0.25) is 0 Å². The third-order valence-corrected chi connectivity index (χ3v) is 15.0. The first-order valence-corrected chi connectivity index (χ1v) is 30.4. The molecule has 1 aromatic heterocycles. The van der Waals surface area contributed by atoms with Crippen LogP contribution in [0.4, 0.5) is 0 Å². The molecular formula is C64H85N13O19. The van der Waals surface area contributed by atoms with Crippen LogP contribution in [0.1, 0.15) is 83.1 Å². The Bertz CT molecular complexity index is 3460. The number of nitrogens with one attached hydrogen (secondary N) is 10. The lowest BCUT2D eigenvalue weighted by Gasteiger charge is -2.28. The molecule has 0 fully saturated rings. The van der Waals surface area contributed by atoms with E-state index in [1.807, 2.05) is 50.2 Å². The molecule has 0 bridgehead atoms. The van der Waals surface area contributed by atoms with E-state index in [-0.39, 0.29) is 12.8 Å². The number of aryl methyl sites for hydroxylation is 2. The van der Waals surface area contributed by atoms with Gasteiger partial charge in [-0.3, -0.25) is 67.3 Å². The maximum absolute atomic E-state index is 14.4. The molecule has 32 nitrogen and oxygen atoms in total. The van der Waals surface area contributed by atoms with Crippen LogP contribution in [0.25, 0.3) is 22.4 Å². The smallest absolute Gasteiger partial charge is 0.305 e.